The third-order valence-corrected chi connectivity index (χ3v) is 5.72. The highest BCUT2D eigenvalue weighted by molar-refractivity contribution is 5.78. The Morgan fingerprint density at radius 3 is 2.41 bits per heavy atom. The van der Waals surface area contributed by atoms with Crippen molar-refractivity contribution in [2.24, 2.45) is 0 Å². The summed E-state index contributed by atoms with van der Waals surface area (Å²) in [7, 11) is 0. The topological polar surface area (TPSA) is 74.5 Å². The van der Waals surface area contributed by atoms with Gasteiger partial charge >= 0.3 is 0 Å². The number of aromatic nitrogens is 2. The van der Waals surface area contributed by atoms with Crippen LogP contribution < -0.4 is 5.32 Å². The number of hydrogen-bond donors (Lipinski definition) is 1. The number of aryl methyl sites for hydroxylation is 1. The number of rotatable bonds is 7. The summed E-state index contributed by atoms with van der Waals surface area (Å²) in [6.07, 6.45) is 0. The van der Waals surface area contributed by atoms with Crippen molar-refractivity contribution in [3.63, 3.8) is 0 Å². The van der Waals surface area contributed by atoms with Crippen LogP contribution in [0.25, 0.3) is 11.4 Å². The third-order valence-electron chi connectivity index (χ3n) is 5.72. The van der Waals surface area contributed by atoms with E-state index in [4.69, 9.17) is 4.52 Å². The van der Waals surface area contributed by atoms with Gasteiger partial charge in [-0.2, -0.15) is 4.98 Å². The summed E-state index contributed by atoms with van der Waals surface area (Å²) in [5.74, 6) is 0.887. The lowest BCUT2D eigenvalue weighted by atomic mass is 10.1. The molecule has 168 valence electrons. The fourth-order valence-corrected chi connectivity index (χ4v) is 3.76. The molecule has 1 aliphatic heterocycles. The minimum absolute atomic E-state index is 0.0325. The molecule has 0 radical (unpaired) electrons. The van der Waals surface area contributed by atoms with Crippen molar-refractivity contribution in [3.05, 3.63) is 71.4 Å². The average molecular weight is 438 g/mol. The fraction of sp³-hybridized carbons (Fsp3) is 0.375. The van der Waals surface area contributed by atoms with Gasteiger partial charge in [0.1, 0.15) is 5.82 Å². The highest BCUT2D eigenvalue weighted by Crippen LogP contribution is 2.17. The lowest BCUT2D eigenvalue weighted by molar-refractivity contribution is -0.123. The number of benzene rings is 2. The van der Waals surface area contributed by atoms with E-state index in [-0.39, 0.29) is 17.8 Å². The maximum Gasteiger partial charge on any atom is 0.241 e. The Morgan fingerprint density at radius 2 is 1.72 bits per heavy atom. The van der Waals surface area contributed by atoms with Gasteiger partial charge in [-0.15, -0.1) is 0 Å². The number of carbonyl (C=O) groups is 1. The van der Waals surface area contributed by atoms with Gasteiger partial charge in [0.2, 0.25) is 17.6 Å². The van der Waals surface area contributed by atoms with Crippen LogP contribution in [0.1, 0.15) is 30.0 Å². The first kappa shape index (κ1) is 22.1. The molecule has 0 spiro atoms. The predicted molar refractivity (Wildman–Crippen MR) is 119 cm³/mol. The van der Waals surface area contributed by atoms with Crippen molar-refractivity contribution >= 4 is 5.91 Å². The van der Waals surface area contributed by atoms with Crippen molar-refractivity contribution in [1.82, 2.24) is 25.3 Å². The number of carbonyl (C=O) groups excluding carboxylic acids is 1. The van der Waals surface area contributed by atoms with E-state index in [1.54, 1.807) is 12.1 Å². The number of piperazine rings is 1. The minimum Gasteiger partial charge on any atom is -0.348 e. The van der Waals surface area contributed by atoms with Crippen molar-refractivity contribution in [2.75, 3.05) is 32.7 Å². The van der Waals surface area contributed by atoms with E-state index in [1.165, 1.54) is 17.7 Å². The highest BCUT2D eigenvalue weighted by atomic mass is 19.1. The maximum atomic E-state index is 13.1. The van der Waals surface area contributed by atoms with Crippen LogP contribution in [-0.2, 0) is 11.3 Å². The Bertz CT molecular complexity index is 1030. The zero-order chi connectivity index (χ0) is 22.5. The summed E-state index contributed by atoms with van der Waals surface area (Å²) in [6, 6.07) is 14.1. The molecule has 1 aromatic heterocycles. The summed E-state index contributed by atoms with van der Waals surface area (Å²) in [5, 5.41) is 7.08. The molecule has 2 aromatic carbocycles. The Morgan fingerprint density at radius 1 is 1.06 bits per heavy atom. The summed E-state index contributed by atoms with van der Waals surface area (Å²) in [5.41, 5.74) is 3.01. The summed E-state index contributed by atoms with van der Waals surface area (Å²) in [6.45, 7) is 8.11. The van der Waals surface area contributed by atoms with Crippen LogP contribution in [0.2, 0.25) is 0 Å². The van der Waals surface area contributed by atoms with Gasteiger partial charge < -0.3 is 9.84 Å². The molecular weight excluding hydrogens is 409 g/mol. The van der Waals surface area contributed by atoms with Crippen molar-refractivity contribution in [3.8, 4) is 11.4 Å². The molecule has 3 aromatic rings. The zero-order valence-corrected chi connectivity index (χ0v) is 18.4. The molecule has 7 nitrogen and oxygen atoms in total. The molecule has 1 saturated heterocycles. The number of halogens is 1. The van der Waals surface area contributed by atoms with Gasteiger partial charge in [0.05, 0.1) is 19.1 Å². The Balaban J connectivity index is 1.22. The fourth-order valence-electron chi connectivity index (χ4n) is 3.76. The molecule has 1 N–H and O–H groups in total. The minimum atomic E-state index is -0.281. The summed E-state index contributed by atoms with van der Waals surface area (Å²) < 4.78 is 18.5. The van der Waals surface area contributed by atoms with E-state index in [9.17, 15) is 9.18 Å². The maximum absolute atomic E-state index is 13.1. The first-order valence-corrected chi connectivity index (χ1v) is 10.9. The smallest absolute Gasteiger partial charge is 0.241 e. The van der Waals surface area contributed by atoms with Crippen molar-refractivity contribution in [1.29, 1.82) is 0 Å². The highest BCUT2D eigenvalue weighted by Gasteiger charge is 2.21. The van der Waals surface area contributed by atoms with Crippen molar-refractivity contribution < 1.29 is 13.7 Å². The summed E-state index contributed by atoms with van der Waals surface area (Å²) >= 11 is 0. The molecule has 0 aliphatic carbocycles. The van der Waals surface area contributed by atoms with Gasteiger partial charge in [-0.25, -0.2) is 4.39 Å². The first-order valence-electron chi connectivity index (χ1n) is 10.9. The molecule has 1 unspecified atom stereocenters. The van der Waals surface area contributed by atoms with Gasteiger partial charge in [0.25, 0.3) is 0 Å². The molecule has 1 fully saturated rings. The molecule has 8 heteroatoms. The number of hydrogen-bond acceptors (Lipinski definition) is 6. The predicted octanol–water partition coefficient (Wildman–Crippen LogP) is 3.18. The Hall–Kier alpha value is -3.10. The monoisotopic (exact) mass is 437 g/mol. The SMILES string of the molecule is Cc1ccc(-c2noc(CN3CCN(CC(=O)NC(C)c4ccc(F)cc4)CC3)n2)cc1. The quantitative estimate of drug-likeness (QED) is 0.612. The van der Waals surface area contributed by atoms with Crippen LogP contribution in [0.3, 0.4) is 0 Å². The molecule has 1 amide bonds. The first-order chi connectivity index (χ1) is 15.5. The van der Waals surface area contributed by atoms with Crippen molar-refractivity contribution in [2.45, 2.75) is 26.4 Å². The molecule has 4 rings (SSSR count). The van der Waals surface area contributed by atoms with Gasteiger partial charge in [0, 0.05) is 31.7 Å². The Labute approximate surface area is 187 Å². The second-order valence-corrected chi connectivity index (χ2v) is 8.27. The van der Waals surface area contributed by atoms with E-state index in [0.717, 1.165) is 37.3 Å². The van der Waals surface area contributed by atoms with Crippen LogP contribution in [0.15, 0.2) is 53.1 Å². The van der Waals surface area contributed by atoms with E-state index in [1.807, 2.05) is 38.1 Å². The van der Waals surface area contributed by atoms with Gasteiger partial charge in [-0.1, -0.05) is 47.1 Å². The molecule has 1 aliphatic rings. The number of nitrogens with zero attached hydrogens (tertiary/aromatic N) is 4. The standard InChI is InChI=1S/C24H28FN5O2/c1-17-3-5-20(6-4-17)24-27-23(32-28-24)16-30-13-11-29(12-14-30)15-22(31)26-18(2)19-7-9-21(25)10-8-19/h3-10,18H,11-16H2,1-2H3,(H,26,31). The van der Waals surface area contributed by atoms with E-state index >= 15 is 0 Å². The summed E-state index contributed by atoms with van der Waals surface area (Å²) in [4.78, 5) is 21.3. The van der Waals surface area contributed by atoms with Crippen LogP contribution in [-0.4, -0.2) is 58.6 Å². The van der Waals surface area contributed by atoms with Crippen LogP contribution in [0.5, 0.6) is 0 Å². The van der Waals surface area contributed by atoms with Gasteiger partial charge in [-0.05, 0) is 31.5 Å². The van der Waals surface area contributed by atoms with E-state index < -0.39 is 0 Å². The number of amides is 1. The largest absolute Gasteiger partial charge is 0.348 e. The lowest BCUT2D eigenvalue weighted by Crippen LogP contribution is -2.49. The van der Waals surface area contributed by atoms with Gasteiger partial charge in [0.15, 0.2) is 0 Å². The van der Waals surface area contributed by atoms with Crippen LogP contribution >= 0.6 is 0 Å². The second kappa shape index (κ2) is 10.0. The molecule has 0 bridgehead atoms. The molecule has 32 heavy (non-hydrogen) atoms. The zero-order valence-electron chi connectivity index (χ0n) is 18.4. The van der Waals surface area contributed by atoms with E-state index in [2.05, 4.69) is 25.3 Å². The van der Waals surface area contributed by atoms with E-state index in [0.29, 0.717) is 24.8 Å². The Kier molecular flexibility index (Phi) is 6.92. The molecule has 0 saturated carbocycles. The molecular formula is C24H28FN5O2. The molecule has 1 atom stereocenters. The molecule has 2 heterocycles. The van der Waals surface area contributed by atoms with Gasteiger partial charge in [-0.3, -0.25) is 14.6 Å². The lowest BCUT2D eigenvalue weighted by Gasteiger charge is -2.33. The third kappa shape index (κ3) is 5.77. The average Bonchev–Trinajstić information content (AvgIpc) is 3.24. The van der Waals surface area contributed by atoms with Crippen LogP contribution in [0, 0.1) is 12.7 Å². The van der Waals surface area contributed by atoms with Crippen LogP contribution in [0.4, 0.5) is 4.39 Å². The normalized spacial score (nSPS) is 16.1. The second-order valence-electron chi connectivity index (χ2n) is 8.27. The number of nitrogens with one attached hydrogen (secondary N) is 1.